The van der Waals surface area contributed by atoms with E-state index in [1.54, 1.807) is 20.1 Å². The second-order valence-electron chi connectivity index (χ2n) is 5.78. The van der Waals surface area contributed by atoms with E-state index in [0.717, 1.165) is 27.7 Å². The molecule has 3 aromatic heterocycles. The Hall–Kier alpha value is -3.13. The number of amides is 1. The Labute approximate surface area is 153 Å². The number of carbonyl (C=O) groups excluding carboxylic acids is 1. The molecule has 1 N–H and O–H groups in total. The highest BCUT2D eigenvalue weighted by molar-refractivity contribution is 7.15. The van der Waals surface area contributed by atoms with Crippen LogP contribution in [-0.4, -0.2) is 27.6 Å². The van der Waals surface area contributed by atoms with Crippen molar-refractivity contribution in [1.82, 2.24) is 14.5 Å². The number of hydrogen-bond donors (Lipinski definition) is 1. The Morgan fingerprint density at radius 1 is 1.35 bits per heavy atom. The van der Waals surface area contributed by atoms with Crippen molar-refractivity contribution in [2.75, 3.05) is 12.4 Å². The number of methoxy groups -OCH3 is 1. The maximum atomic E-state index is 12.2. The third-order valence-electron chi connectivity index (χ3n) is 3.91. The first-order valence-corrected chi connectivity index (χ1v) is 8.83. The van der Waals surface area contributed by atoms with Crippen molar-refractivity contribution >= 4 is 28.0 Å². The SMILES string of the molecule is COc1ccc(-c2cn3c(CC(=O)Nc4cc(C)on4)csc3n2)cc1. The predicted octanol–water partition coefficient (Wildman–Crippen LogP) is 3.55. The van der Waals surface area contributed by atoms with Crippen LogP contribution in [-0.2, 0) is 11.2 Å². The molecule has 4 aromatic rings. The zero-order valence-corrected chi connectivity index (χ0v) is 15.0. The van der Waals surface area contributed by atoms with Crippen LogP contribution in [0.4, 0.5) is 5.82 Å². The minimum absolute atomic E-state index is 0.155. The number of aromatic nitrogens is 3. The summed E-state index contributed by atoms with van der Waals surface area (Å²) in [6, 6.07) is 9.41. The van der Waals surface area contributed by atoms with E-state index in [0.29, 0.717) is 11.6 Å². The molecule has 26 heavy (non-hydrogen) atoms. The van der Waals surface area contributed by atoms with Crippen LogP contribution in [0.5, 0.6) is 5.75 Å². The maximum Gasteiger partial charge on any atom is 0.231 e. The summed E-state index contributed by atoms with van der Waals surface area (Å²) in [4.78, 5) is 17.7. The Bertz CT molecular complexity index is 1060. The lowest BCUT2D eigenvalue weighted by molar-refractivity contribution is -0.115. The van der Waals surface area contributed by atoms with E-state index in [1.165, 1.54) is 11.3 Å². The number of imidazole rings is 1. The van der Waals surface area contributed by atoms with Crippen LogP contribution in [0.1, 0.15) is 11.5 Å². The van der Waals surface area contributed by atoms with Crippen LogP contribution >= 0.6 is 11.3 Å². The number of rotatable bonds is 5. The lowest BCUT2D eigenvalue weighted by atomic mass is 10.2. The summed E-state index contributed by atoms with van der Waals surface area (Å²) in [6.07, 6.45) is 2.17. The average molecular weight is 368 g/mol. The van der Waals surface area contributed by atoms with Gasteiger partial charge in [-0.2, -0.15) is 0 Å². The molecule has 0 aliphatic carbocycles. The molecule has 0 spiro atoms. The van der Waals surface area contributed by atoms with E-state index in [2.05, 4.69) is 15.5 Å². The fourth-order valence-corrected chi connectivity index (χ4v) is 3.51. The number of aryl methyl sites for hydroxylation is 1. The Kier molecular flexibility index (Phi) is 4.18. The molecule has 1 amide bonds. The number of ether oxygens (including phenoxy) is 1. The lowest BCUT2D eigenvalue weighted by Crippen LogP contribution is -2.15. The molecule has 8 heteroatoms. The topological polar surface area (TPSA) is 81.7 Å². The molecule has 0 saturated heterocycles. The first-order valence-electron chi connectivity index (χ1n) is 7.95. The molecule has 0 aliphatic rings. The van der Waals surface area contributed by atoms with Gasteiger partial charge in [0.15, 0.2) is 10.8 Å². The molecule has 0 aliphatic heterocycles. The smallest absolute Gasteiger partial charge is 0.231 e. The standard InChI is InChI=1S/C18H16N4O3S/c1-11-7-16(21-25-11)20-17(23)8-13-10-26-18-19-15(9-22(13)18)12-3-5-14(24-2)6-4-12/h3-7,9-10H,8H2,1-2H3,(H,20,21,23). The summed E-state index contributed by atoms with van der Waals surface area (Å²) in [5.41, 5.74) is 2.72. The van der Waals surface area contributed by atoms with E-state index in [1.807, 2.05) is 40.2 Å². The fraction of sp³-hybridized carbons (Fsp3) is 0.167. The van der Waals surface area contributed by atoms with E-state index in [4.69, 9.17) is 9.26 Å². The molecule has 0 unspecified atom stereocenters. The van der Waals surface area contributed by atoms with Crippen LogP contribution < -0.4 is 10.1 Å². The van der Waals surface area contributed by atoms with E-state index in [9.17, 15) is 4.79 Å². The van der Waals surface area contributed by atoms with Gasteiger partial charge in [-0.05, 0) is 31.2 Å². The van der Waals surface area contributed by atoms with Crippen molar-refractivity contribution in [3.63, 3.8) is 0 Å². The van der Waals surface area contributed by atoms with Gasteiger partial charge in [0.2, 0.25) is 5.91 Å². The molecule has 0 bridgehead atoms. The Morgan fingerprint density at radius 2 is 2.15 bits per heavy atom. The van der Waals surface area contributed by atoms with Gasteiger partial charge < -0.3 is 14.6 Å². The second kappa shape index (κ2) is 6.64. The molecular formula is C18H16N4O3S. The van der Waals surface area contributed by atoms with Crippen LogP contribution in [0, 0.1) is 6.92 Å². The first-order chi connectivity index (χ1) is 12.6. The quantitative estimate of drug-likeness (QED) is 0.583. The molecule has 1 aromatic carbocycles. The summed E-state index contributed by atoms with van der Waals surface area (Å²) < 4.78 is 12.1. The van der Waals surface area contributed by atoms with Gasteiger partial charge in [-0.3, -0.25) is 9.20 Å². The van der Waals surface area contributed by atoms with Crippen molar-refractivity contribution < 1.29 is 14.1 Å². The van der Waals surface area contributed by atoms with Gasteiger partial charge >= 0.3 is 0 Å². The van der Waals surface area contributed by atoms with Crippen LogP contribution in [0.2, 0.25) is 0 Å². The predicted molar refractivity (Wildman–Crippen MR) is 98.6 cm³/mol. The highest BCUT2D eigenvalue weighted by Gasteiger charge is 2.14. The number of carbonyl (C=O) groups is 1. The fourth-order valence-electron chi connectivity index (χ4n) is 2.63. The lowest BCUT2D eigenvalue weighted by Gasteiger charge is -2.01. The van der Waals surface area contributed by atoms with E-state index >= 15 is 0 Å². The Balaban J connectivity index is 1.54. The molecule has 0 atom stereocenters. The third-order valence-corrected chi connectivity index (χ3v) is 4.80. The molecule has 0 radical (unpaired) electrons. The average Bonchev–Trinajstić information content (AvgIpc) is 3.33. The molecular weight excluding hydrogens is 352 g/mol. The Morgan fingerprint density at radius 3 is 2.85 bits per heavy atom. The number of fused-ring (bicyclic) bond motifs is 1. The number of hydrogen-bond acceptors (Lipinski definition) is 6. The van der Waals surface area contributed by atoms with Crippen LogP contribution in [0.15, 0.2) is 46.4 Å². The van der Waals surface area contributed by atoms with E-state index in [-0.39, 0.29) is 12.3 Å². The largest absolute Gasteiger partial charge is 0.497 e. The normalized spacial score (nSPS) is 11.0. The van der Waals surface area contributed by atoms with E-state index < -0.39 is 0 Å². The summed E-state index contributed by atoms with van der Waals surface area (Å²) in [6.45, 7) is 1.78. The van der Waals surface area contributed by atoms with Gasteiger partial charge in [0.1, 0.15) is 11.5 Å². The van der Waals surface area contributed by atoms with Gasteiger partial charge in [-0.25, -0.2) is 4.98 Å². The van der Waals surface area contributed by atoms with Gasteiger partial charge in [-0.1, -0.05) is 5.16 Å². The summed E-state index contributed by atoms with van der Waals surface area (Å²) in [5.74, 6) is 1.72. The molecule has 0 fully saturated rings. The highest BCUT2D eigenvalue weighted by atomic mass is 32.1. The minimum atomic E-state index is -0.155. The highest BCUT2D eigenvalue weighted by Crippen LogP contribution is 2.25. The zero-order valence-electron chi connectivity index (χ0n) is 14.2. The third kappa shape index (κ3) is 3.18. The molecule has 0 saturated carbocycles. The summed E-state index contributed by atoms with van der Waals surface area (Å²) in [5, 5.41) is 8.44. The van der Waals surface area contributed by atoms with Crippen molar-refractivity contribution in [3.05, 3.63) is 53.4 Å². The van der Waals surface area contributed by atoms with Crippen molar-refractivity contribution in [3.8, 4) is 17.0 Å². The van der Waals surface area contributed by atoms with Gasteiger partial charge in [0.25, 0.3) is 0 Å². The second-order valence-corrected chi connectivity index (χ2v) is 6.62. The summed E-state index contributed by atoms with van der Waals surface area (Å²) in [7, 11) is 1.64. The maximum absolute atomic E-state index is 12.2. The number of thiazole rings is 1. The summed E-state index contributed by atoms with van der Waals surface area (Å²) >= 11 is 1.50. The molecule has 4 rings (SSSR count). The van der Waals surface area contributed by atoms with Gasteiger partial charge in [0.05, 0.1) is 19.2 Å². The number of nitrogens with one attached hydrogen (secondary N) is 1. The zero-order chi connectivity index (χ0) is 18.1. The van der Waals surface area contributed by atoms with Crippen molar-refractivity contribution in [2.45, 2.75) is 13.3 Å². The molecule has 3 heterocycles. The number of nitrogens with zero attached hydrogens (tertiary/aromatic N) is 3. The van der Waals surface area contributed by atoms with Crippen LogP contribution in [0.3, 0.4) is 0 Å². The molecule has 7 nitrogen and oxygen atoms in total. The van der Waals surface area contributed by atoms with Crippen LogP contribution in [0.25, 0.3) is 16.2 Å². The van der Waals surface area contributed by atoms with Gasteiger partial charge in [-0.15, -0.1) is 11.3 Å². The number of anilines is 1. The van der Waals surface area contributed by atoms with Crippen molar-refractivity contribution in [1.29, 1.82) is 0 Å². The first kappa shape index (κ1) is 16.3. The molecule has 132 valence electrons. The van der Waals surface area contributed by atoms with Crippen molar-refractivity contribution in [2.24, 2.45) is 0 Å². The van der Waals surface area contributed by atoms with Gasteiger partial charge in [0, 0.05) is 28.9 Å². The minimum Gasteiger partial charge on any atom is -0.497 e. The number of benzene rings is 1. The monoisotopic (exact) mass is 368 g/mol.